The van der Waals surface area contributed by atoms with Gasteiger partial charge in [0.2, 0.25) is 0 Å². The van der Waals surface area contributed by atoms with E-state index in [9.17, 15) is 4.79 Å². The van der Waals surface area contributed by atoms with Crippen molar-refractivity contribution in [1.82, 2.24) is 5.32 Å². The zero-order chi connectivity index (χ0) is 10.6. The molecule has 82 valence electrons. The average molecular weight is 199 g/mol. The Morgan fingerprint density at radius 2 is 2.14 bits per heavy atom. The summed E-state index contributed by atoms with van der Waals surface area (Å²) < 4.78 is 5.46. The third kappa shape index (κ3) is 1.92. The summed E-state index contributed by atoms with van der Waals surface area (Å²) >= 11 is 0. The summed E-state index contributed by atoms with van der Waals surface area (Å²) in [5, 5.41) is 2.89. The van der Waals surface area contributed by atoms with E-state index in [1.807, 2.05) is 13.8 Å². The van der Waals surface area contributed by atoms with Crippen LogP contribution in [0, 0.1) is 5.92 Å². The summed E-state index contributed by atoms with van der Waals surface area (Å²) in [5.41, 5.74) is -0.403. The van der Waals surface area contributed by atoms with Crippen LogP contribution in [-0.2, 0) is 9.53 Å². The molecule has 2 bridgehead atoms. The second kappa shape index (κ2) is 4.78. The Morgan fingerprint density at radius 3 is 2.57 bits per heavy atom. The van der Waals surface area contributed by atoms with E-state index in [0.717, 1.165) is 32.4 Å². The second-order valence-electron chi connectivity index (χ2n) is 3.84. The molecule has 0 aromatic rings. The van der Waals surface area contributed by atoms with Gasteiger partial charge in [-0.15, -0.1) is 0 Å². The molecule has 14 heavy (non-hydrogen) atoms. The fourth-order valence-electron chi connectivity index (χ4n) is 2.04. The number of ether oxygens (including phenoxy) is 1. The van der Waals surface area contributed by atoms with Crippen LogP contribution in [0.15, 0.2) is 0 Å². The molecule has 2 aliphatic heterocycles. The first-order valence-corrected chi connectivity index (χ1v) is 5.69. The molecule has 0 radical (unpaired) electrons. The number of rotatable bonds is 3. The topological polar surface area (TPSA) is 38.3 Å². The van der Waals surface area contributed by atoms with Crippen LogP contribution in [0.3, 0.4) is 0 Å². The first-order chi connectivity index (χ1) is 6.77. The van der Waals surface area contributed by atoms with Crippen LogP contribution in [0.5, 0.6) is 0 Å². The van der Waals surface area contributed by atoms with Crippen LogP contribution in [-0.4, -0.2) is 24.7 Å². The summed E-state index contributed by atoms with van der Waals surface area (Å²) in [4.78, 5) is 11.5. The normalized spacial score (nSPS) is 32.6. The van der Waals surface area contributed by atoms with Gasteiger partial charge in [0.25, 0.3) is 5.91 Å². The maximum absolute atomic E-state index is 11.5. The van der Waals surface area contributed by atoms with Crippen LogP contribution in [0.2, 0.25) is 0 Å². The Labute approximate surface area is 86.2 Å². The van der Waals surface area contributed by atoms with Gasteiger partial charge in [-0.25, -0.2) is 0 Å². The van der Waals surface area contributed by atoms with E-state index in [4.69, 9.17) is 4.74 Å². The summed E-state index contributed by atoms with van der Waals surface area (Å²) in [5.74, 6) is 0.774. The molecule has 0 unspecified atom stereocenters. The highest BCUT2D eigenvalue weighted by Crippen LogP contribution is 2.48. The minimum atomic E-state index is -0.403. The van der Waals surface area contributed by atoms with E-state index in [0.29, 0.717) is 5.92 Å². The molecule has 3 aliphatic rings. The van der Waals surface area contributed by atoms with Crippen LogP contribution < -0.4 is 5.32 Å². The van der Waals surface area contributed by atoms with Gasteiger partial charge >= 0.3 is 0 Å². The first-order valence-electron chi connectivity index (χ1n) is 5.69. The molecule has 0 spiro atoms. The summed E-state index contributed by atoms with van der Waals surface area (Å²) in [6.45, 7) is 7.62. The zero-order valence-corrected chi connectivity index (χ0v) is 9.43. The van der Waals surface area contributed by atoms with Gasteiger partial charge in [0.05, 0.1) is 6.61 Å². The standard InChI is InChI=1S/C9H15NO2.C2H6/c1-2-3-10-8(11)9-4-7(5-9)6-12-9;1-2/h7H,2-6H2,1H3,(H,10,11);1-2H3. The summed E-state index contributed by atoms with van der Waals surface area (Å²) in [6.07, 6.45) is 2.89. The highest BCUT2D eigenvalue weighted by molar-refractivity contribution is 5.86. The molecule has 1 amide bonds. The third-order valence-electron chi connectivity index (χ3n) is 2.78. The van der Waals surface area contributed by atoms with E-state index in [1.54, 1.807) is 0 Å². The lowest BCUT2D eigenvalue weighted by Crippen LogP contribution is -2.51. The molecule has 2 heterocycles. The molecular weight excluding hydrogens is 178 g/mol. The van der Waals surface area contributed by atoms with Gasteiger partial charge in [0, 0.05) is 6.54 Å². The van der Waals surface area contributed by atoms with E-state index in [1.165, 1.54) is 0 Å². The van der Waals surface area contributed by atoms with Crippen molar-refractivity contribution in [2.24, 2.45) is 5.92 Å². The zero-order valence-electron chi connectivity index (χ0n) is 9.43. The van der Waals surface area contributed by atoms with Crippen LogP contribution in [0.25, 0.3) is 0 Å². The number of hydrogen-bond acceptors (Lipinski definition) is 2. The number of hydrogen-bond donors (Lipinski definition) is 1. The Hall–Kier alpha value is -0.570. The highest BCUT2D eigenvalue weighted by Gasteiger charge is 2.56. The number of carbonyl (C=O) groups excluding carboxylic acids is 1. The fourth-order valence-corrected chi connectivity index (χ4v) is 2.04. The van der Waals surface area contributed by atoms with E-state index in [2.05, 4.69) is 12.2 Å². The Kier molecular flexibility index (Phi) is 3.93. The number of fused-ring (bicyclic) bond motifs is 1. The van der Waals surface area contributed by atoms with Crippen LogP contribution in [0.4, 0.5) is 0 Å². The Bertz CT molecular complexity index is 192. The molecule has 3 rings (SSSR count). The molecule has 1 aliphatic carbocycles. The van der Waals surface area contributed by atoms with Crippen molar-refractivity contribution in [2.75, 3.05) is 13.2 Å². The number of amides is 1. The molecular formula is C11H21NO2. The number of nitrogens with one attached hydrogen (secondary N) is 1. The molecule has 3 heteroatoms. The van der Waals surface area contributed by atoms with E-state index < -0.39 is 5.60 Å². The first kappa shape index (κ1) is 11.5. The van der Waals surface area contributed by atoms with Gasteiger partial charge in [-0.3, -0.25) is 4.79 Å². The average Bonchev–Trinajstić information content (AvgIpc) is 2.76. The molecule has 1 saturated carbocycles. The molecule has 3 nitrogen and oxygen atoms in total. The monoisotopic (exact) mass is 199 g/mol. The minimum absolute atomic E-state index is 0.109. The Balaban J connectivity index is 0.000000461. The summed E-state index contributed by atoms with van der Waals surface area (Å²) in [6, 6.07) is 0. The van der Waals surface area contributed by atoms with Gasteiger partial charge < -0.3 is 10.1 Å². The molecule has 2 saturated heterocycles. The predicted molar refractivity (Wildman–Crippen MR) is 56.1 cm³/mol. The molecule has 3 fully saturated rings. The van der Waals surface area contributed by atoms with Crippen molar-refractivity contribution >= 4 is 5.91 Å². The number of carbonyl (C=O) groups is 1. The van der Waals surface area contributed by atoms with Crippen molar-refractivity contribution < 1.29 is 9.53 Å². The minimum Gasteiger partial charge on any atom is -0.365 e. The third-order valence-corrected chi connectivity index (χ3v) is 2.78. The lowest BCUT2D eigenvalue weighted by Gasteiger charge is -2.33. The van der Waals surface area contributed by atoms with Crippen molar-refractivity contribution in [2.45, 2.75) is 45.6 Å². The second-order valence-corrected chi connectivity index (χ2v) is 3.84. The van der Waals surface area contributed by atoms with Gasteiger partial charge in [0.15, 0.2) is 0 Å². The molecule has 1 N–H and O–H groups in total. The van der Waals surface area contributed by atoms with Crippen LogP contribution >= 0.6 is 0 Å². The fraction of sp³-hybridized carbons (Fsp3) is 0.909. The lowest BCUT2D eigenvalue weighted by molar-refractivity contribution is -0.143. The van der Waals surface area contributed by atoms with Crippen LogP contribution in [0.1, 0.15) is 40.0 Å². The van der Waals surface area contributed by atoms with Crippen molar-refractivity contribution in [3.05, 3.63) is 0 Å². The Morgan fingerprint density at radius 1 is 1.50 bits per heavy atom. The molecule has 0 aromatic carbocycles. The van der Waals surface area contributed by atoms with E-state index in [-0.39, 0.29) is 5.91 Å². The van der Waals surface area contributed by atoms with Crippen molar-refractivity contribution in [3.8, 4) is 0 Å². The van der Waals surface area contributed by atoms with Gasteiger partial charge in [-0.1, -0.05) is 20.8 Å². The SMILES string of the molecule is CC.CCCNC(=O)C12CC(CO1)C2. The highest BCUT2D eigenvalue weighted by atomic mass is 16.5. The summed E-state index contributed by atoms with van der Waals surface area (Å²) in [7, 11) is 0. The van der Waals surface area contributed by atoms with Gasteiger partial charge in [-0.2, -0.15) is 0 Å². The smallest absolute Gasteiger partial charge is 0.252 e. The maximum atomic E-state index is 11.5. The molecule has 0 aromatic heterocycles. The lowest BCUT2D eigenvalue weighted by atomic mass is 9.74. The quantitative estimate of drug-likeness (QED) is 0.751. The predicted octanol–water partition coefficient (Wildman–Crippen LogP) is 1.72. The van der Waals surface area contributed by atoms with Crippen molar-refractivity contribution in [3.63, 3.8) is 0 Å². The maximum Gasteiger partial charge on any atom is 0.252 e. The largest absolute Gasteiger partial charge is 0.365 e. The van der Waals surface area contributed by atoms with E-state index >= 15 is 0 Å². The van der Waals surface area contributed by atoms with Gasteiger partial charge in [-0.05, 0) is 25.2 Å². The van der Waals surface area contributed by atoms with Crippen molar-refractivity contribution in [1.29, 1.82) is 0 Å². The molecule has 0 atom stereocenters. The van der Waals surface area contributed by atoms with Gasteiger partial charge in [0.1, 0.15) is 5.60 Å².